The Kier molecular flexibility index (Phi) is 4.46. The second-order valence-electron chi connectivity index (χ2n) is 8.67. The van der Waals surface area contributed by atoms with E-state index in [1.165, 1.54) is 16.3 Å². The van der Waals surface area contributed by atoms with Gasteiger partial charge in [-0.1, -0.05) is 72.8 Å². The van der Waals surface area contributed by atoms with Crippen molar-refractivity contribution in [2.24, 2.45) is 0 Å². The van der Waals surface area contributed by atoms with Crippen molar-refractivity contribution in [3.8, 4) is 56.4 Å². The lowest BCUT2D eigenvalue weighted by atomic mass is 9.93. The highest BCUT2D eigenvalue weighted by molar-refractivity contribution is 6.04. The molecule has 3 heteroatoms. The van der Waals surface area contributed by atoms with Gasteiger partial charge in [0, 0.05) is 22.7 Å². The van der Waals surface area contributed by atoms with Gasteiger partial charge in [0.2, 0.25) is 0 Å². The molecule has 0 N–H and O–H groups in total. The first-order chi connectivity index (χ1) is 17.3. The summed E-state index contributed by atoms with van der Waals surface area (Å²) in [7, 11) is 0. The summed E-state index contributed by atoms with van der Waals surface area (Å²) in [5, 5.41) is 2.38. The van der Waals surface area contributed by atoms with Crippen LogP contribution < -0.4 is 4.74 Å². The highest BCUT2D eigenvalue weighted by Gasteiger charge is 2.20. The van der Waals surface area contributed by atoms with Crippen LogP contribution >= 0.6 is 0 Å². The fourth-order valence-electron chi connectivity index (χ4n) is 4.83. The minimum atomic E-state index is 0.870. The molecular formula is C32H20N2O. The molecule has 0 amide bonds. The molecule has 0 saturated heterocycles. The fourth-order valence-corrected chi connectivity index (χ4v) is 4.83. The van der Waals surface area contributed by atoms with Gasteiger partial charge in [-0.25, -0.2) is 4.98 Å². The summed E-state index contributed by atoms with van der Waals surface area (Å²) in [5.41, 5.74) is 8.35. The summed E-state index contributed by atoms with van der Waals surface area (Å²) in [6, 6.07) is 39.6. The number of hydrogen-bond donors (Lipinski definition) is 0. The summed E-state index contributed by atoms with van der Waals surface area (Å²) >= 11 is 0. The number of benzene rings is 4. The van der Waals surface area contributed by atoms with Crippen LogP contribution in [-0.4, -0.2) is 9.97 Å². The van der Waals surface area contributed by atoms with Crippen molar-refractivity contribution >= 4 is 10.8 Å². The van der Waals surface area contributed by atoms with Crippen LogP contribution in [0.5, 0.6) is 11.5 Å². The second kappa shape index (κ2) is 7.93. The molecule has 1 aliphatic rings. The van der Waals surface area contributed by atoms with Gasteiger partial charge in [0.05, 0.1) is 17.1 Å². The van der Waals surface area contributed by atoms with Gasteiger partial charge in [-0.2, -0.15) is 0 Å². The lowest BCUT2D eigenvalue weighted by molar-refractivity contribution is 0.487. The van der Waals surface area contributed by atoms with E-state index >= 15 is 0 Å². The minimum Gasteiger partial charge on any atom is -0.456 e. The zero-order valence-electron chi connectivity index (χ0n) is 18.8. The topological polar surface area (TPSA) is 35.0 Å². The molecule has 0 radical (unpaired) electrons. The van der Waals surface area contributed by atoms with Gasteiger partial charge in [-0.05, 0) is 64.5 Å². The Labute approximate surface area is 203 Å². The normalized spacial score (nSPS) is 11.7. The average molecular weight is 449 g/mol. The molecule has 3 heterocycles. The minimum absolute atomic E-state index is 0.870. The van der Waals surface area contributed by atoms with E-state index in [-0.39, 0.29) is 0 Å². The molecule has 4 aromatic carbocycles. The molecule has 0 saturated carbocycles. The van der Waals surface area contributed by atoms with Crippen LogP contribution in [0, 0.1) is 0 Å². The molecule has 6 aromatic rings. The van der Waals surface area contributed by atoms with Crippen LogP contribution in [0.1, 0.15) is 0 Å². The van der Waals surface area contributed by atoms with Crippen molar-refractivity contribution in [3.05, 3.63) is 121 Å². The number of fused-ring (bicyclic) bond motifs is 2. The van der Waals surface area contributed by atoms with Gasteiger partial charge in [-0.15, -0.1) is 0 Å². The smallest absolute Gasteiger partial charge is 0.135 e. The Bertz CT molecular complexity index is 1700. The maximum Gasteiger partial charge on any atom is 0.135 e. The van der Waals surface area contributed by atoms with Gasteiger partial charge in [0.1, 0.15) is 11.5 Å². The molecule has 3 nitrogen and oxygen atoms in total. The van der Waals surface area contributed by atoms with E-state index in [0.29, 0.717) is 0 Å². The molecule has 2 aromatic heterocycles. The maximum atomic E-state index is 6.34. The maximum absolute atomic E-state index is 6.34. The number of nitrogens with zero attached hydrogens (tertiary/aromatic N) is 2. The molecule has 0 aliphatic carbocycles. The number of aromatic nitrogens is 2. The summed E-state index contributed by atoms with van der Waals surface area (Å²) in [5.74, 6) is 1.81. The van der Waals surface area contributed by atoms with E-state index in [0.717, 1.165) is 50.8 Å². The third kappa shape index (κ3) is 3.37. The van der Waals surface area contributed by atoms with Gasteiger partial charge in [-0.3, -0.25) is 4.98 Å². The first kappa shape index (κ1) is 19.7. The second-order valence-corrected chi connectivity index (χ2v) is 8.67. The van der Waals surface area contributed by atoms with Gasteiger partial charge < -0.3 is 4.74 Å². The van der Waals surface area contributed by atoms with Crippen molar-refractivity contribution in [2.75, 3.05) is 0 Å². The average Bonchev–Trinajstić information content (AvgIpc) is 2.94. The zero-order chi connectivity index (χ0) is 23.2. The van der Waals surface area contributed by atoms with E-state index in [2.05, 4.69) is 71.7 Å². The van der Waals surface area contributed by atoms with Crippen molar-refractivity contribution in [1.29, 1.82) is 0 Å². The quantitative estimate of drug-likeness (QED) is 0.272. The molecule has 0 unspecified atom stereocenters. The number of rotatable bonds is 3. The van der Waals surface area contributed by atoms with E-state index < -0.39 is 0 Å². The fraction of sp³-hybridized carbons (Fsp3) is 0. The number of pyridine rings is 2. The zero-order valence-corrected chi connectivity index (χ0v) is 18.8. The SMILES string of the molecule is c1ccc(-c2cccc(-c3ccc(-c4ccc5c(c4)Oc4cccc6cccc-5c46)cc3)n2)nc1. The Morgan fingerprint density at radius 2 is 1.23 bits per heavy atom. The monoisotopic (exact) mass is 448 g/mol. The molecule has 35 heavy (non-hydrogen) atoms. The Hall–Kier alpha value is -4.76. The highest BCUT2D eigenvalue weighted by Crippen LogP contribution is 2.47. The van der Waals surface area contributed by atoms with Crippen LogP contribution in [0.15, 0.2) is 121 Å². The predicted octanol–water partition coefficient (Wildman–Crippen LogP) is 8.40. The molecule has 0 bridgehead atoms. The van der Waals surface area contributed by atoms with E-state index in [9.17, 15) is 0 Å². The van der Waals surface area contributed by atoms with Crippen LogP contribution in [0.4, 0.5) is 0 Å². The summed E-state index contributed by atoms with van der Waals surface area (Å²) in [4.78, 5) is 9.26. The Morgan fingerprint density at radius 3 is 2.09 bits per heavy atom. The van der Waals surface area contributed by atoms with Gasteiger partial charge in [0.15, 0.2) is 0 Å². The Morgan fingerprint density at radius 1 is 0.486 bits per heavy atom. The van der Waals surface area contributed by atoms with Crippen LogP contribution in [0.2, 0.25) is 0 Å². The molecular weight excluding hydrogens is 428 g/mol. The van der Waals surface area contributed by atoms with Crippen molar-refractivity contribution in [1.82, 2.24) is 9.97 Å². The summed E-state index contributed by atoms with van der Waals surface area (Å²) < 4.78 is 6.34. The molecule has 7 rings (SSSR count). The largest absolute Gasteiger partial charge is 0.456 e. The number of ether oxygens (including phenoxy) is 1. The van der Waals surface area contributed by atoms with E-state index in [4.69, 9.17) is 9.72 Å². The summed E-state index contributed by atoms with van der Waals surface area (Å²) in [6.07, 6.45) is 1.79. The van der Waals surface area contributed by atoms with Crippen molar-refractivity contribution in [2.45, 2.75) is 0 Å². The molecule has 0 spiro atoms. The third-order valence-electron chi connectivity index (χ3n) is 6.55. The third-order valence-corrected chi connectivity index (χ3v) is 6.55. The van der Waals surface area contributed by atoms with Crippen molar-refractivity contribution < 1.29 is 4.74 Å². The lowest BCUT2D eigenvalue weighted by Gasteiger charge is -2.22. The van der Waals surface area contributed by atoms with Crippen LogP contribution in [0.25, 0.3) is 55.7 Å². The lowest BCUT2D eigenvalue weighted by Crippen LogP contribution is -1.97. The van der Waals surface area contributed by atoms with Gasteiger partial charge in [0.25, 0.3) is 0 Å². The molecule has 1 aliphatic heterocycles. The molecule has 0 fully saturated rings. The Balaban J connectivity index is 1.23. The van der Waals surface area contributed by atoms with Gasteiger partial charge >= 0.3 is 0 Å². The number of hydrogen-bond acceptors (Lipinski definition) is 3. The predicted molar refractivity (Wildman–Crippen MR) is 141 cm³/mol. The molecule has 0 atom stereocenters. The highest BCUT2D eigenvalue weighted by atomic mass is 16.5. The first-order valence-electron chi connectivity index (χ1n) is 11.7. The summed E-state index contributed by atoms with van der Waals surface area (Å²) in [6.45, 7) is 0. The van der Waals surface area contributed by atoms with Crippen LogP contribution in [-0.2, 0) is 0 Å². The van der Waals surface area contributed by atoms with Crippen LogP contribution in [0.3, 0.4) is 0 Å². The first-order valence-corrected chi connectivity index (χ1v) is 11.7. The standard InChI is InChI=1S/C32H20N2O/c1-2-19-33-28(9-1)29-11-5-10-27(34-29)22-15-13-21(14-16-22)24-17-18-25-26-8-3-6-23-7-4-12-30(32(23)26)35-31(25)20-24/h1-20H. The molecule has 164 valence electrons. The van der Waals surface area contributed by atoms with E-state index in [1.54, 1.807) is 6.20 Å². The van der Waals surface area contributed by atoms with Crippen molar-refractivity contribution in [3.63, 3.8) is 0 Å². The van der Waals surface area contributed by atoms with E-state index in [1.807, 2.05) is 48.5 Å².